The van der Waals surface area contributed by atoms with Gasteiger partial charge in [0.2, 0.25) is 0 Å². The van der Waals surface area contributed by atoms with Gasteiger partial charge in [-0.2, -0.15) is 0 Å². The fraction of sp³-hybridized carbons (Fsp3) is 0.800. The second-order valence-electron chi connectivity index (χ2n) is 13.2. The molecule has 0 aromatic rings. The van der Waals surface area contributed by atoms with Crippen LogP contribution in [0.2, 0.25) is 0 Å². The first kappa shape index (κ1) is 24.3. The number of aliphatic hydroxyl groups is 2. The topological polar surface area (TPSA) is 40.5 Å². The van der Waals surface area contributed by atoms with Gasteiger partial charge < -0.3 is 10.2 Å². The Kier molecular flexibility index (Phi) is 6.16. The highest BCUT2D eigenvalue weighted by Gasteiger charge is 2.62. The number of fused-ring (bicyclic) bond motifs is 5. The standard InChI is InChI=1S/C30H48O2/c1-20(19-31)9-8-10-21(2)22-13-17-30(7)24-11-12-25-27(3,4)26(32)15-16-28(25,5)23(24)14-18-29(22,30)6/h9,11,14,21-22,25-26,31-32H,8,10,12-13,15-19H2,1-7H3/b20-9+. The molecule has 0 heterocycles. The number of aliphatic hydroxyl groups excluding tert-OH is 2. The van der Waals surface area contributed by atoms with Crippen molar-refractivity contribution < 1.29 is 10.2 Å². The molecule has 0 aliphatic heterocycles. The van der Waals surface area contributed by atoms with Crippen molar-refractivity contribution in [1.82, 2.24) is 0 Å². The summed E-state index contributed by atoms with van der Waals surface area (Å²) in [5.74, 6) is 1.99. The summed E-state index contributed by atoms with van der Waals surface area (Å²) >= 11 is 0. The molecule has 2 heteroatoms. The summed E-state index contributed by atoms with van der Waals surface area (Å²) in [5, 5.41) is 20.1. The zero-order valence-electron chi connectivity index (χ0n) is 21.8. The summed E-state index contributed by atoms with van der Waals surface area (Å²) in [7, 11) is 0. The molecule has 4 rings (SSSR count). The molecule has 4 aliphatic rings. The van der Waals surface area contributed by atoms with Crippen LogP contribution in [0.3, 0.4) is 0 Å². The second-order valence-corrected chi connectivity index (χ2v) is 13.2. The first-order valence-corrected chi connectivity index (χ1v) is 13.3. The van der Waals surface area contributed by atoms with Crippen LogP contribution in [-0.2, 0) is 0 Å². The maximum absolute atomic E-state index is 10.8. The Morgan fingerprint density at radius 2 is 1.81 bits per heavy atom. The van der Waals surface area contributed by atoms with E-state index in [9.17, 15) is 10.2 Å². The molecule has 7 unspecified atom stereocenters. The van der Waals surface area contributed by atoms with Gasteiger partial charge in [0.05, 0.1) is 12.7 Å². The average molecular weight is 441 g/mol. The molecule has 4 aliphatic carbocycles. The van der Waals surface area contributed by atoms with E-state index in [1.807, 2.05) is 6.92 Å². The Morgan fingerprint density at radius 1 is 1.09 bits per heavy atom. The Balaban J connectivity index is 1.63. The third-order valence-corrected chi connectivity index (χ3v) is 11.3. The van der Waals surface area contributed by atoms with Gasteiger partial charge in [-0.05, 0) is 109 Å². The lowest BCUT2D eigenvalue weighted by molar-refractivity contribution is -0.0851. The lowest BCUT2D eigenvalue weighted by atomic mass is 9.44. The highest BCUT2D eigenvalue weighted by molar-refractivity contribution is 5.49. The van der Waals surface area contributed by atoms with E-state index >= 15 is 0 Å². The van der Waals surface area contributed by atoms with Gasteiger partial charge in [0.1, 0.15) is 0 Å². The van der Waals surface area contributed by atoms with Crippen LogP contribution < -0.4 is 0 Å². The van der Waals surface area contributed by atoms with Crippen molar-refractivity contribution in [2.24, 2.45) is 39.4 Å². The van der Waals surface area contributed by atoms with Gasteiger partial charge in [-0.15, -0.1) is 0 Å². The maximum atomic E-state index is 10.8. The highest BCUT2D eigenvalue weighted by atomic mass is 16.3. The lowest BCUT2D eigenvalue weighted by Crippen LogP contribution is -2.54. The number of allylic oxidation sites excluding steroid dienone is 5. The van der Waals surface area contributed by atoms with Crippen molar-refractivity contribution in [1.29, 1.82) is 0 Å². The minimum atomic E-state index is -0.180. The van der Waals surface area contributed by atoms with Crippen molar-refractivity contribution in [2.45, 2.75) is 106 Å². The van der Waals surface area contributed by atoms with Crippen LogP contribution in [-0.4, -0.2) is 22.9 Å². The van der Waals surface area contributed by atoms with E-state index in [-0.39, 0.29) is 29.0 Å². The molecule has 7 atom stereocenters. The SMILES string of the molecule is C/C(=C\CCC(C)C1CCC2(C)C3=CCC4C(C)(CCC(O)C4(C)C)C3=CCC12C)CO. The quantitative estimate of drug-likeness (QED) is 0.443. The van der Waals surface area contributed by atoms with Crippen LogP contribution in [0.1, 0.15) is 99.8 Å². The lowest BCUT2D eigenvalue weighted by Gasteiger charge is -2.61. The smallest absolute Gasteiger partial charge is 0.0639 e. The Hall–Kier alpha value is -0.860. The first-order valence-electron chi connectivity index (χ1n) is 13.3. The van der Waals surface area contributed by atoms with E-state index in [4.69, 9.17) is 0 Å². The normalized spacial score (nSPS) is 44.2. The van der Waals surface area contributed by atoms with E-state index in [2.05, 4.69) is 59.8 Å². The van der Waals surface area contributed by atoms with Crippen molar-refractivity contribution in [2.75, 3.05) is 6.61 Å². The Morgan fingerprint density at radius 3 is 2.50 bits per heavy atom. The van der Waals surface area contributed by atoms with Crippen LogP contribution in [0.15, 0.2) is 34.9 Å². The fourth-order valence-electron chi connectivity index (χ4n) is 8.80. The van der Waals surface area contributed by atoms with Crippen molar-refractivity contribution >= 4 is 0 Å². The predicted octanol–water partition coefficient (Wildman–Crippen LogP) is 7.23. The van der Waals surface area contributed by atoms with E-state index in [1.54, 1.807) is 11.1 Å². The van der Waals surface area contributed by atoms with Gasteiger partial charge in [-0.3, -0.25) is 0 Å². The third-order valence-electron chi connectivity index (χ3n) is 11.3. The van der Waals surface area contributed by atoms with E-state index < -0.39 is 0 Å². The van der Waals surface area contributed by atoms with Gasteiger partial charge in [-0.1, -0.05) is 65.3 Å². The Labute approximate surface area is 197 Å². The molecule has 2 saturated carbocycles. The molecule has 0 amide bonds. The molecule has 0 spiro atoms. The van der Waals surface area contributed by atoms with Gasteiger partial charge in [0.25, 0.3) is 0 Å². The molecule has 2 nitrogen and oxygen atoms in total. The van der Waals surface area contributed by atoms with E-state index in [0.717, 1.165) is 37.2 Å². The molecule has 32 heavy (non-hydrogen) atoms. The van der Waals surface area contributed by atoms with Gasteiger partial charge >= 0.3 is 0 Å². The summed E-state index contributed by atoms with van der Waals surface area (Å²) in [6.45, 7) is 17.0. The molecule has 2 fully saturated rings. The maximum Gasteiger partial charge on any atom is 0.0639 e. The number of hydrogen-bond donors (Lipinski definition) is 2. The minimum absolute atomic E-state index is 0.0233. The summed E-state index contributed by atoms with van der Waals surface area (Å²) in [6, 6.07) is 0. The van der Waals surface area contributed by atoms with E-state index in [0.29, 0.717) is 17.3 Å². The molecule has 0 saturated heterocycles. The van der Waals surface area contributed by atoms with Crippen molar-refractivity contribution in [3.63, 3.8) is 0 Å². The molecule has 0 bridgehead atoms. The molecular weight excluding hydrogens is 392 g/mol. The van der Waals surface area contributed by atoms with Crippen LogP contribution >= 0.6 is 0 Å². The van der Waals surface area contributed by atoms with Gasteiger partial charge in [-0.25, -0.2) is 0 Å². The number of hydrogen-bond acceptors (Lipinski definition) is 2. The third kappa shape index (κ3) is 3.34. The molecule has 2 N–H and O–H groups in total. The van der Waals surface area contributed by atoms with Gasteiger partial charge in [0.15, 0.2) is 0 Å². The van der Waals surface area contributed by atoms with Crippen LogP contribution in [0.25, 0.3) is 0 Å². The summed E-state index contributed by atoms with van der Waals surface area (Å²) < 4.78 is 0. The minimum Gasteiger partial charge on any atom is -0.393 e. The van der Waals surface area contributed by atoms with Crippen molar-refractivity contribution in [3.8, 4) is 0 Å². The zero-order chi connectivity index (χ0) is 23.5. The van der Waals surface area contributed by atoms with E-state index in [1.165, 1.54) is 25.7 Å². The number of rotatable bonds is 5. The Bertz CT molecular complexity index is 832. The zero-order valence-corrected chi connectivity index (χ0v) is 21.8. The summed E-state index contributed by atoms with van der Waals surface area (Å²) in [6.07, 6.45) is 16.6. The second kappa shape index (κ2) is 8.12. The average Bonchev–Trinajstić information content (AvgIpc) is 3.02. The summed E-state index contributed by atoms with van der Waals surface area (Å²) in [4.78, 5) is 0. The predicted molar refractivity (Wildman–Crippen MR) is 134 cm³/mol. The highest BCUT2D eigenvalue weighted by Crippen LogP contribution is 2.71. The van der Waals surface area contributed by atoms with Crippen LogP contribution in [0, 0.1) is 39.4 Å². The molecule has 180 valence electrons. The molecule has 0 aromatic carbocycles. The largest absolute Gasteiger partial charge is 0.393 e. The molecule has 0 aromatic heterocycles. The van der Waals surface area contributed by atoms with Crippen LogP contribution in [0.4, 0.5) is 0 Å². The van der Waals surface area contributed by atoms with Crippen molar-refractivity contribution in [3.05, 3.63) is 34.9 Å². The summed E-state index contributed by atoms with van der Waals surface area (Å²) in [5.41, 5.74) is 5.18. The fourth-order valence-corrected chi connectivity index (χ4v) is 8.80. The van der Waals surface area contributed by atoms with Crippen LogP contribution in [0.5, 0.6) is 0 Å². The molecule has 0 radical (unpaired) electrons. The first-order chi connectivity index (χ1) is 14.9. The van der Waals surface area contributed by atoms with Gasteiger partial charge in [0, 0.05) is 0 Å². The monoisotopic (exact) mass is 440 g/mol. The molecular formula is C30H48O2.